The fourth-order valence-electron chi connectivity index (χ4n) is 3.15. The van der Waals surface area contributed by atoms with Crippen LogP contribution in [0.5, 0.6) is 0 Å². The lowest BCUT2D eigenvalue weighted by atomic mass is 10.1. The Morgan fingerprint density at radius 2 is 1.22 bits per heavy atom. The van der Waals surface area contributed by atoms with Crippen molar-refractivity contribution in [2.75, 3.05) is 19.8 Å². The van der Waals surface area contributed by atoms with Gasteiger partial charge in [0.15, 0.2) is 6.10 Å². The summed E-state index contributed by atoms with van der Waals surface area (Å²) >= 11 is 0. The highest BCUT2D eigenvalue weighted by molar-refractivity contribution is 5.89. The molecule has 0 spiro atoms. The fraction of sp³-hybridized carbons (Fsp3) is 0.531. The van der Waals surface area contributed by atoms with Crippen molar-refractivity contribution in [1.82, 2.24) is 0 Å². The Morgan fingerprint density at radius 1 is 0.732 bits per heavy atom. The molecule has 9 nitrogen and oxygen atoms in total. The van der Waals surface area contributed by atoms with Crippen LogP contribution in [0.4, 0.5) is 0 Å². The van der Waals surface area contributed by atoms with Crippen LogP contribution in [-0.4, -0.2) is 43.8 Å². The van der Waals surface area contributed by atoms with Gasteiger partial charge < -0.3 is 14.2 Å². The molecule has 0 saturated carbocycles. The van der Waals surface area contributed by atoms with Gasteiger partial charge in [-0.3, -0.25) is 9.59 Å². The lowest BCUT2D eigenvalue weighted by Crippen LogP contribution is -2.30. The maximum atomic E-state index is 12.1. The SMILES string of the molecule is C#CC#CC#CC#CC#CC#CC(=O)OC(COC(=O)CCCCCCCCCCCCC)COC(=O)CN=[N+]=[N-]. The van der Waals surface area contributed by atoms with Crippen LogP contribution in [0.2, 0.25) is 0 Å². The molecule has 0 aromatic heterocycles. The van der Waals surface area contributed by atoms with E-state index in [1.165, 1.54) is 44.9 Å². The van der Waals surface area contributed by atoms with E-state index in [2.05, 4.69) is 82.1 Å². The number of unbranched alkanes of at least 4 members (excludes halogenated alkanes) is 10. The van der Waals surface area contributed by atoms with Crippen molar-refractivity contribution in [2.45, 2.75) is 90.1 Å². The maximum Gasteiger partial charge on any atom is 0.385 e. The monoisotopic (exact) mass is 557 g/mol. The zero-order valence-corrected chi connectivity index (χ0v) is 23.6. The number of nitrogens with zero attached hydrogens (tertiary/aromatic N) is 3. The minimum atomic E-state index is -1.11. The highest BCUT2D eigenvalue weighted by atomic mass is 16.6. The number of rotatable bonds is 19. The predicted molar refractivity (Wildman–Crippen MR) is 155 cm³/mol. The van der Waals surface area contributed by atoms with Crippen molar-refractivity contribution in [1.29, 1.82) is 0 Å². The lowest BCUT2D eigenvalue weighted by Gasteiger charge is -2.16. The number of carbonyl (C=O) groups excluding carboxylic acids is 3. The normalized spacial score (nSPS) is 9.27. The van der Waals surface area contributed by atoms with Crippen molar-refractivity contribution in [3.05, 3.63) is 10.4 Å². The molecule has 214 valence electrons. The average molecular weight is 558 g/mol. The largest absolute Gasteiger partial charge is 0.462 e. The molecule has 0 amide bonds. The molecule has 1 unspecified atom stereocenters. The van der Waals surface area contributed by atoms with E-state index in [9.17, 15) is 14.4 Å². The number of hydrogen-bond donors (Lipinski definition) is 0. The Bertz CT molecular complexity index is 1230. The number of azide groups is 1. The van der Waals surface area contributed by atoms with Gasteiger partial charge in [-0.2, -0.15) is 0 Å². The van der Waals surface area contributed by atoms with Gasteiger partial charge >= 0.3 is 17.9 Å². The summed E-state index contributed by atoms with van der Waals surface area (Å²) in [5.41, 5.74) is 8.30. The number of ether oxygens (including phenoxy) is 3. The smallest absolute Gasteiger partial charge is 0.385 e. The summed E-state index contributed by atoms with van der Waals surface area (Å²) in [4.78, 5) is 38.2. The van der Waals surface area contributed by atoms with Crippen LogP contribution >= 0.6 is 0 Å². The van der Waals surface area contributed by atoms with Crippen LogP contribution < -0.4 is 0 Å². The lowest BCUT2D eigenvalue weighted by molar-refractivity contribution is -0.162. The highest BCUT2D eigenvalue weighted by Gasteiger charge is 2.18. The summed E-state index contributed by atoms with van der Waals surface area (Å²) in [5.74, 6) is 23.2. The fourth-order valence-corrected chi connectivity index (χ4v) is 3.15. The number of terminal acetylenes is 1. The van der Waals surface area contributed by atoms with Gasteiger partial charge in [-0.25, -0.2) is 4.79 Å². The van der Waals surface area contributed by atoms with Crippen LogP contribution in [0.1, 0.15) is 84.0 Å². The quantitative estimate of drug-likeness (QED) is 0.0333. The highest BCUT2D eigenvalue weighted by Crippen LogP contribution is 2.12. The first-order valence-electron chi connectivity index (χ1n) is 13.5. The molecule has 0 fully saturated rings. The molecule has 1 atom stereocenters. The van der Waals surface area contributed by atoms with Crippen molar-refractivity contribution in [3.63, 3.8) is 0 Å². The van der Waals surface area contributed by atoms with E-state index in [0.29, 0.717) is 6.42 Å². The van der Waals surface area contributed by atoms with E-state index in [1.807, 2.05) is 0 Å². The molecule has 0 heterocycles. The summed E-state index contributed by atoms with van der Waals surface area (Å²) < 4.78 is 15.2. The minimum Gasteiger partial charge on any atom is -0.462 e. The molecule has 0 N–H and O–H groups in total. The van der Waals surface area contributed by atoms with Gasteiger partial charge in [0.05, 0.1) is 0 Å². The van der Waals surface area contributed by atoms with E-state index in [4.69, 9.17) is 26.2 Å². The molecule has 0 aliphatic heterocycles. The van der Waals surface area contributed by atoms with Crippen LogP contribution in [0.3, 0.4) is 0 Å². The molecule has 0 aliphatic rings. The molecule has 0 aromatic rings. The molecular weight excluding hydrogens is 522 g/mol. The van der Waals surface area contributed by atoms with Crippen LogP contribution in [0.15, 0.2) is 5.11 Å². The van der Waals surface area contributed by atoms with Gasteiger partial charge in [0.25, 0.3) is 0 Å². The minimum absolute atomic E-state index is 0.228. The summed E-state index contributed by atoms with van der Waals surface area (Å²) in [7, 11) is 0. The molecule has 0 aliphatic carbocycles. The van der Waals surface area contributed by atoms with Crippen molar-refractivity contribution >= 4 is 17.9 Å². The zero-order chi connectivity index (χ0) is 30.2. The first-order valence-corrected chi connectivity index (χ1v) is 13.5. The Morgan fingerprint density at radius 3 is 1.76 bits per heavy atom. The Labute approximate surface area is 243 Å². The summed E-state index contributed by atoms with van der Waals surface area (Å²) in [6, 6.07) is 0. The number of hydrogen-bond acceptors (Lipinski definition) is 7. The van der Waals surface area contributed by atoms with E-state index >= 15 is 0 Å². The molecule has 0 radical (unpaired) electrons. The van der Waals surface area contributed by atoms with E-state index in [-0.39, 0.29) is 13.0 Å². The maximum absolute atomic E-state index is 12.1. The van der Waals surface area contributed by atoms with Crippen molar-refractivity contribution in [3.8, 4) is 71.5 Å². The Kier molecular flexibility index (Phi) is 24.7. The Hall–Kier alpha value is -4.92. The molecule has 0 bridgehead atoms. The summed E-state index contributed by atoms with van der Waals surface area (Å²) in [6.45, 7) is 0.922. The third kappa shape index (κ3) is 26.5. The molecule has 41 heavy (non-hydrogen) atoms. The van der Waals surface area contributed by atoms with E-state index in [1.54, 1.807) is 0 Å². The topological polar surface area (TPSA) is 128 Å². The van der Waals surface area contributed by atoms with Gasteiger partial charge in [0.1, 0.15) is 19.8 Å². The zero-order valence-electron chi connectivity index (χ0n) is 23.6. The Balaban J connectivity index is 4.58. The molecular formula is C32H35N3O6. The van der Waals surface area contributed by atoms with Gasteiger partial charge in [0, 0.05) is 17.3 Å². The number of esters is 3. The van der Waals surface area contributed by atoms with E-state index < -0.39 is 37.2 Å². The van der Waals surface area contributed by atoms with Gasteiger partial charge in [0.2, 0.25) is 0 Å². The third-order valence-corrected chi connectivity index (χ3v) is 5.12. The van der Waals surface area contributed by atoms with Crippen molar-refractivity contribution in [2.24, 2.45) is 5.11 Å². The predicted octanol–water partition coefficient (Wildman–Crippen LogP) is 4.65. The molecule has 0 aromatic carbocycles. The second kappa shape index (κ2) is 28.1. The van der Waals surface area contributed by atoms with Gasteiger partial charge in [-0.05, 0) is 71.2 Å². The summed E-state index contributed by atoms with van der Waals surface area (Å²) in [5, 5.41) is 3.10. The molecule has 9 heteroatoms. The first kappa shape index (κ1) is 36.1. The van der Waals surface area contributed by atoms with E-state index in [0.717, 1.165) is 19.3 Å². The van der Waals surface area contributed by atoms with Gasteiger partial charge in [-0.1, -0.05) is 76.2 Å². The average Bonchev–Trinajstić information content (AvgIpc) is 2.97. The summed E-state index contributed by atoms with van der Waals surface area (Å²) in [6.07, 6.45) is 16.8. The van der Waals surface area contributed by atoms with Crippen LogP contribution in [0.25, 0.3) is 10.4 Å². The van der Waals surface area contributed by atoms with Crippen molar-refractivity contribution < 1.29 is 28.6 Å². The second-order valence-corrected chi connectivity index (χ2v) is 8.46. The molecule has 0 rings (SSSR count). The van der Waals surface area contributed by atoms with Crippen LogP contribution in [-0.2, 0) is 28.6 Å². The molecule has 0 saturated heterocycles. The standard InChI is InChI=1S/C32H35N3O6/c1-3-5-7-9-11-13-15-17-18-20-22-24-30(36)39-27-29(28-40-32(38)26-34-35-33)41-31(37)25-23-21-19-16-14-12-10-8-6-4-2/h2,29H,3,5,7,9,11,13,15,17-18,20,22,24,26-28H2,1H3. The van der Waals surface area contributed by atoms with Gasteiger partial charge in [-0.15, -0.1) is 6.42 Å². The van der Waals surface area contributed by atoms with Crippen LogP contribution in [0, 0.1) is 71.5 Å². The first-order chi connectivity index (χ1) is 20.0. The number of carbonyl (C=O) groups is 3. The second-order valence-electron chi connectivity index (χ2n) is 8.46. The third-order valence-electron chi connectivity index (χ3n) is 5.12.